The lowest BCUT2D eigenvalue weighted by Crippen LogP contribution is -2.30. The van der Waals surface area contributed by atoms with Gasteiger partial charge in [-0.15, -0.1) is 10.2 Å². The second-order valence-corrected chi connectivity index (χ2v) is 8.24. The lowest BCUT2D eigenvalue weighted by Gasteiger charge is -2.18. The summed E-state index contributed by atoms with van der Waals surface area (Å²) in [6.07, 6.45) is 2.39. The zero-order valence-corrected chi connectivity index (χ0v) is 19.8. The predicted molar refractivity (Wildman–Crippen MR) is 129 cm³/mol. The van der Waals surface area contributed by atoms with Crippen LogP contribution >= 0.6 is 23.4 Å². The first-order chi connectivity index (χ1) is 16.0. The van der Waals surface area contributed by atoms with Crippen LogP contribution in [0.25, 0.3) is 6.08 Å². The Kier molecular flexibility index (Phi) is 7.00. The lowest BCUT2D eigenvalue weighted by molar-refractivity contribution is -0.113. The summed E-state index contributed by atoms with van der Waals surface area (Å²) in [6, 6.07) is 12.5. The van der Waals surface area contributed by atoms with E-state index in [1.807, 2.05) is 31.2 Å². The minimum atomic E-state index is -0.266. The summed E-state index contributed by atoms with van der Waals surface area (Å²) in [5.74, 6) is 2.33. The van der Waals surface area contributed by atoms with Crippen LogP contribution < -0.4 is 14.4 Å². The van der Waals surface area contributed by atoms with Gasteiger partial charge in [-0.2, -0.15) is 0 Å². The minimum absolute atomic E-state index is 0.266. The Morgan fingerprint density at radius 3 is 2.52 bits per heavy atom. The van der Waals surface area contributed by atoms with E-state index in [0.717, 1.165) is 11.3 Å². The number of aromatic nitrogens is 2. The standard InChI is InChI=1S/C23H21ClN4O4S/c1-4-20-26-27-21(32-20)13-33-23-25-18(11-14-5-8-16(30-2)9-6-14)22(29)28(23)15-7-10-17(24)19(12-15)31-3/h5-12H,4,13H2,1-3H3/b18-11-. The molecule has 33 heavy (non-hydrogen) atoms. The Balaban J connectivity index is 1.67. The average Bonchev–Trinajstić information content (AvgIpc) is 3.43. The monoisotopic (exact) mass is 484 g/mol. The van der Waals surface area contributed by atoms with Gasteiger partial charge in [-0.3, -0.25) is 9.69 Å². The van der Waals surface area contributed by atoms with Gasteiger partial charge in [-0.05, 0) is 35.9 Å². The number of benzene rings is 2. The molecule has 0 saturated heterocycles. The van der Waals surface area contributed by atoms with Gasteiger partial charge >= 0.3 is 0 Å². The number of rotatable bonds is 7. The van der Waals surface area contributed by atoms with Crippen LogP contribution in [0.15, 0.2) is 57.6 Å². The SMILES string of the molecule is CCc1nnc(CSC2=N/C(=C\c3ccc(OC)cc3)C(=O)N2c2ccc(Cl)c(OC)c2)o1. The van der Waals surface area contributed by atoms with Crippen LogP contribution in [0.1, 0.15) is 24.3 Å². The summed E-state index contributed by atoms with van der Waals surface area (Å²) in [5, 5.41) is 8.97. The molecule has 0 aliphatic carbocycles. The number of aryl methyl sites for hydroxylation is 1. The molecular weight excluding hydrogens is 464 g/mol. The summed E-state index contributed by atoms with van der Waals surface area (Å²) in [5.41, 5.74) is 1.72. The number of thioether (sulfide) groups is 1. The number of nitrogens with zero attached hydrogens (tertiary/aromatic N) is 4. The Hall–Kier alpha value is -3.30. The van der Waals surface area contributed by atoms with Crippen molar-refractivity contribution < 1.29 is 18.7 Å². The molecule has 2 heterocycles. The number of hydrogen-bond donors (Lipinski definition) is 0. The van der Waals surface area contributed by atoms with E-state index in [-0.39, 0.29) is 5.91 Å². The number of amides is 1. The number of halogens is 1. The molecule has 1 aliphatic heterocycles. The van der Waals surface area contributed by atoms with Crippen LogP contribution in [-0.2, 0) is 17.0 Å². The average molecular weight is 485 g/mol. The molecule has 0 N–H and O–H groups in total. The summed E-state index contributed by atoms with van der Waals surface area (Å²) in [4.78, 5) is 19.5. The highest BCUT2D eigenvalue weighted by Crippen LogP contribution is 2.35. The Morgan fingerprint density at radius 1 is 1.09 bits per heavy atom. The zero-order valence-electron chi connectivity index (χ0n) is 18.2. The van der Waals surface area contributed by atoms with Gasteiger partial charge in [-0.25, -0.2) is 4.99 Å². The molecule has 1 aromatic heterocycles. The van der Waals surface area contributed by atoms with Gasteiger partial charge in [0.25, 0.3) is 5.91 Å². The van der Waals surface area contributed by atoms with Crippen molar-refractivity contribution in [2.75, 3.05) is 19.1 Å². The molecule has 8 nitrogen and oxygen atoms in total. The molecule has 3 aromatic rings. The first-order valence-electron chi connectivity index (χ1n) is 10.1. The number of amidine groups is 1. The van der Waals surface area contributed by atoms with E-state index in [2.05, 4.69) is 15.2 Å². The fourth-order valence-electron chi connectivity index (χ4n) is 3.08. The second kappa shape index (κ2) is 10.1. The molecule has 170 valence electrons. The Labute approximate surface area is 200 Å². The largest absolute Gasteiger partial charge is 0.497 e. The van der Waals surface area contributed by atoms with Crippen LogP contribution in [0, 0.1) is 0 Å². The third-order valence-electron chi connectivity index (χ3n) is 4.78. The van der Waals surface area contributed by atoms with Crippen molar-refractivity contribution in [3.05, 3.63) is 70.5 Å². The van der Waals surface area contributed by atoms with Gasteiger partial charge in [0.2, 0.25) is 11.8 Å². The fourth-order valence-corrected chi connectivity index (χ4v) is 4.13. The first kappa shape index (κ1) is 22.9. The van der Waals surface area contributed by atoms with Crippen molar-refractivity contribution >= 4 is 46.2 Å². The van der Waals surface area contributed by atoms with E-state index in [1.54, 1.807) is 31.4 Å². The molecule has 2 aromatic carbocycles. The third-order valence-corrected chi connectivity index (χ3v) is 6.01. The van der Waals surface area contributed by atoms with Crippen molar-refractivity contribution in [3.63, 3.8) is 0 Å². The summed E-state index contributed by atoms with van der Waals surface area (Å²) in [7, 11) is 3.13. The molecule has 10 heteroatoms. The molecule has 1 aliphatic rings. The Bertz CT molecular complexity index is 1220. The van der Waals surface area contributed by atoms with Crippen molar-refractivity contribution in [1.82, 2.24) is 10.2 Å². The number of aliphatic imine (C=N–C) groups is 1. The number of methoxy groups -OCH3 is 2. The number of ether oxygens (including phenoxy) is 2. The van der Waals surface area contributed by atoms with Crippen molar-refractivity contribution in [3.8, 4) is 11.5 Å². The molecule has 0 unspecified atom stereocenters. The summed E-state index contributed by atoms with van der Waals surface area (Å²) < 4.78 is 16.1. The molecule has 0 saturated carbocycles. The number of hydrogen-bond acceptors (Lipinski definition) is 8. The molecular formula is C23H21ClN4O4S. The number of anilines is 1. The van der Waals surface area contributed by atoms with Crippen molar-refractivity contribution in [2.45, 2.75) is 19.1 Å². The smallest absolute Gasteiger partial charge is 0.283 e. The minimum Gasteiger partial charge on any atom is -0.497 e. The summed E-state index contributed by atoms with van der Waals surface area (Å²) in [6.45, 7) is 1.94. The molecule has 4 rings (SSSR count). The van der Waals surface area contributed by atoms with E-state index < -0.39 is 0 Å². The number of carbonyl (C=O) groups excluding carboxylic acids is 1. The third kappa shape index (κ3) is 5.04. The maximum absolute atomic E-state index is 13.4. The van der Waals surface area contributed by atoms with Gasteiger partial charge in [0, 0.05) is 12.5 Å². The van der Waals surface area contributed by atoms with Crippen LogP contribution in [0.4, 0.5) is 5.69 Å². The quantitative estimate of drug-likeness (QED) is 0.437. The van der Waals surface area contributed by atoms with E-state index in [1.165, 1.54) is 23.8 Å². The molecule has 1 amide bonds. The van der Waals surface area contributed by atoms with Gasteiger partial charge in [-0.1, -0.05) is 42.4 Å². The highest BCUT2D eigenvalue weighted by Gasteiger charge is 2.33. The second-order valence-electron chi connectivity index (χ2n) is 6.89. The lowest BCUT2D eigenvalue weighted by atomic mass is 10.2. The normalized spacial score (nSPS) is 14.7. The van der Waals surface area contributed by atoms with Crippen LogP contribution in [-0.4, -0.2) is 35.5 Å². The molecule has 0 radical (unpaired) electrons. The van der Waals surface area contributed by atoms with Gasteiger partial charge in [0.15, 0.2) is 5.17 Å². The van der Waals surface area contributed by atoms with E-state index >= 15 is 0 Å². The van der Waals surface area contributed by atoms with Gasteiger partial charge < -0.3 is 13.9 Å². The molecule has 0 bridgehead atoms. The highest BCUT2D eigenvalue weighted by molar-refractivity contribution is 8.13. The molecule has 0 spiro atoms. The Morgan fingerprint density at radius 2 is 1.85 bits per heavy atom. The van der Waals surface area contributed by atoms with E-state index in [0.29, 0.717) is 51.3 Å². The predicted octanol–water partition coefficient (Wildman–Crippen LogP) is 4.98. The van der Waals surface area contributed by atoms with E-state index in [9.17, 15) is 4.79 Å². The topological polar surface area (TPSA) is 90.0 Å². The fraction of sp³-hybridized carbons (Fsp3) is 0.217. The zero-order chi connectivity index (χ0) is 23.4. The van der Waals surface area contributed by atoms with Crippen LogP contribution in [0.2, 0.25) is 5.02 Å². The van der Waals surface area contributed by atoms with Gasteiger partial charge in [0.1, 0.15) is 17.2 Å². The highest BCUT2D eigenvalue weighted by atomic mass is 35.5. The van der Waals surface area contributed by atoms with Crippen molar-refractivity contribution in [1.29, 1.82) is 0 Å². The van der Waals surface area contributed by atoms with E-state index in [4.69, 9.17) is 25.5 Å². The number of carbonyl (C=O) groups is 1. The molecule has 0 atom stereocenters. The maximum atomic E-state index is 13.4. The van der Waals surface area contributed by atoms with Crippen LogP contribution in [0.3, 0.4) is 0 Å². The van der Waals surface area contributed by atoms with Crippen LogP contribution in [0.5, 0.6) is 11.5 Å². The maximum Gasteiger partial charge on any atom is 0.283 e. The van der Waals surface area contributed by atoms with Gasteiger partial charge in [0.05, 0.1) is 30.7 Å². The first-order valence-corrected chi connectivity index (χ1v) is 11.4. The summed E-state index contributed by atoms with van der Waals surface area (Å²) >= 11 is 7.51. The molecule has 0 fully saturated rings. The van der Waals surface area contributed by atoms with Crippen molar-refractivity contribution in [2.24, 2.45) is 4.99 Å².